The maximum Gasteiger partial charge on any atom is 0.238 e. The molecule has 1 heterocycles. The number of benzene rings is 2. The molecule has 1 N–H and O–H groups in total. The van der Waals surface area contributed by atoms with Gasteiger partial charge in [-0.1, -0.05) is 12.1 Å². The zero-order chi connectivity index (χ0) is 20.3. The predicted octanol–water partition coefficient (Wildman–Crippen LogP) is 3.72. The van der Waals surface area contributed by atoms with E-state index < -0.39 is 11.6 Å². The summed E-state index contributed by atoms with van der Waals surface area (Å²) >= 11 is 0. The van der Waals surface area contributed by atoms with Crippen LogP contribution < -0.4 is 10.2 Å². The van der Waals surface area contributed by atoms with Crippen LogP contribution in [0.15, 0.2) is 42.5 Å². The summed E-state index contributed by atoms with van der Waals surface area (Å²) in [7, 11) is 1.74. The fraction of sp³-hybridized carbons (Fsp3) is 0.333. The maximum atomic E-state index is 13.4. The van der Waals surface area contributed by atoms with E-state index in [1.54, 1.807) is 35.0 Å². The summed E-state index contributed by atoms with van der Waals surface area (Å²) in [6.07, 6.45) is 1.38. The van der Waals surface area contributed by atoms with Gasteiger partial charge in [0.1, 0.15) is 0 Å². The zero-order valence-corrected chi connectivity index (χ0v) is 15.9. The van der Waals surface area contributed by atoms with Gasteiger partial charge in [-0.15, -0.1) is 0 Å². The summed E-state index contributed by atoms with van der Waals surface area (Å²) in [5.74, 6) is -1.95. The van der Waals surface area contributed by atoms with Gasteiger partial charge < -0.3 is 10.2 Å². The van der Waals surface area contributed by atoms with Crippen molar-refractivity contribution in [2.45, 2.75) is 25.8 Å². The van der Waals surface area contributed by atoms with E-state index in [1.807, 2.05) is 13.0 Å². The Bertz CT molecular complexity index is 888. The van der Waals surface area contributed by atoms with Gasteiger partial charge in [0.05, 0.1) is 6.54 Å². The topological polar surface area (TPSA) is 52.7 Å². The number of likely N-dealkylation sites (N-methyl/N-ethyl adjacent to an activating group) is 1. The number of hydrogen-bond acceptors (Lipinski definition) is 3. The number of hydrogen-bond donors (Lipinski definition) is 1. The summed E-state index contributed by atoms with van der Waals surface area (Å²) in [5.41, 5.74) is 1.96. The number of nitrogens with zero attached hydrogens (tertiary/aromatic N) is 2. The molecule has 28 heavy (non-hydrogen) atoms. The molecule has 2 aromatic carbocycles. The van der Waals surface area contributed by atoms with Crippen LogP contribution in [0.1, 0.15) is 31.4 Å². The van der Waals surface area contributed by atoms with Gasteiger partial charge >= 0.3 is 0 Å². The first-order chi connectivity index (χ1) is 13.3. The minimum atomic E-state index is -0.907. The van der Waals surface area contributed by atoms with Crippen molar-refractivity contribution in [1.82, 2.24) is 4.90 Å². The Hall–Kier alpha value is -2.80. The third-order valence-electron chi connectivity index (χ3n) is 5.00. The summed E-state index contributed by atoms with van der Waals surface area (Å²) in [6.45, 7) is 2.58. The van der Waals surface area contributed by atoms with Crippen molar-refractivity contribution >= 4 is 23.2 Å². The van der Waals surface area contributed by atoms with Gasteiger partial charge in [-0.25, -0.2) is 8.78 Å². The van der Waals surface area contributed by atoms with Gasteiger partial charge in [0, 0.05) is 30.4 Å². The van der Waals surface area contributed by atoms with Gasteiger partial charge in [0.2, 0.25) is 11.8 Å². The Morgan fingerprint density at radius 1 is 1.21 bits per heavy atom. The van der Waals surface area contributed by atoms with E-state index in [9.17, 15) is 18.4 Å². The third-order valence-corrected chi connectivity index (χ3v) is 5.00. The molecule has 1 fully saturated rings. The molecule has 1 unspecified atom stereocenters. The van der Waals surface area contributed by atoms with Crippen LogP contribution in [0.2, 0.25) is 0 Å². The second-order valence-electron chi connectivity index (χ2n) is 7.01. The molecule has 0 aliphatic carbocycles. The molecule has 148 valence electrons. The quantitative estimate of drug-likeness (QED) is 0.822. The lowest BCUT2D eigenvalue weighted by Crippen LogP contribution is -2.32. The summed E-state index contributed by atoms with van der Waals surface area (Å²) in [5, 5.41) is 2.83. The van der Waals surface area contributed by atoms with Crippen molar-refractivity contribution in [2.75, 3.05) is 30.4 Å². The van der Waals surface area contributed by atoms with Crippen molar-refractivity contribution < 1.29 is 18.4 Å². The zero-order valence-electron chi connectivity index (χ0n) is 15.9. The number of halogens is 2. The average Bonchev–Trinajstić information content (AvgIpc) is 3.09. The fourth-order valence-corrected chi connectivity index (χ4v) is 3.26. The van der Waals surface area contributed by atoms with Crippen molar-refractivity contribution in [3.05, 3.63) is 59.7 Å². The first-order valence-electron chi connectivity index (χ1n) is 9.20. The molecular formula is C21H23F2N3O2. The first-order valence-corrected chi connectivity index (χ1v) is 9.20. The number of anilines is 2. The van der Waals surface area contributed by atoms with Crippen molar-refractivity contribution in [1.29, 1.82) is 0 Å². The highest BCUT2D eigenvalue weighted by molar-refractivity contribution is 5.97. The highest BCUT2D eigenvalue weighted by Crippen LogP contribution is 2.25. The largest absolute Gasteiger partial charge is 0.325 e. The lowest BCUT2D eigenvalue weighted by Gasteiger charge is -2.24. The highest BCUT2D eigenvalue weighted by Gasteiger charge is 2.22. The van der Waals surface area contributed by atoms with Crippen LogP contribution in [0, 0.1) is 11.6 Å². The van der Waals surface area contributed by atoms with E-state index in [-0.39, 0.29) is 24.4 Å². The molecule has 0 bridgehead atoms. The lowest BCUT2D eigenvalue weighted by atomic mass is 10.1. The molecule has 2 aromatic rings. The molecule has 3 rings (SSSR count). The number of carbonyl (C=O) groups is 2. The van der Waals surface area contributed by atoms with Crippen molar-refractivity contribution in [2.24, 2.45) is 0 Å². The Kier molecular flexibility index (Phi) is 6.04. The van der Waals surface area contributed by atoms with Crippen LogP contribution in [0.4, 0.5) is 20.2 Å². The normalized spacial score (nSPS) is 15.2. The van der Waals surface area contributed by atoms with Crippen molar-refractivity contribution in [3.8, 4) is 0 Å². The summed E-state index contributed by atoms with van der Waals surface area (Å²) in [4.78, 5) is 27.8. The molecule has 1 atom stereocenters. The van der Waals surface area contributed by atoms with E-state index >= 15 is 0 Å². The number of amides is 2. The standard InChI is InChI=1S/C21H23F2N3O2/c1-14(15-8-9-18(22)19(23)11-15)25(2)13-20(27)24-16-5-3-6-17(12-16)26-10-4-7-21(26)28/h3,5-6,8-9,11-12,14H,4,7,10,13H2,1-2H3,(H,24,27). The fourth-order valence-electron chi connectivity index (χ4n) is 3.26. The molecule has 1 saturated heterocycles. The number of nitrogens with one attached hydrogen (secondary N) is 1. The van der Waals surface area contributed by atoms with Gasteiger partial charge in [0.25, 0.3) is 0 Å². The average molecular weight is 387 g/mol. The van der Waals surface area contributed by atoms with E-state index in [1.165, 1.54) is 6.07 Å². The van der Waals surface area contributed by atoms with Crippen LogP contribution in [0.3, 0.4) is 0 Å². The molecule has 0 spiro atoms. The molecule has 2 amide bonds. The second kappa shape index (κ2) is 8.48. The Morgan fingerprint density at radius 2 is 2.00 bits per heavy atom. The van der Waals surface area contributed by atoms with E-state index in [0.717, 1.165) is 24.2 Å². The summed E-state index contributed by atoms with van der Waals surface area (Å²) < 4.78 is 26.6. The van der Waals surface area contributed by atoms with Crippen LogP contribution in [-0.4, -0.2) is 36.9 Å². The minimum Gasteiger partial charge on any atom is -0.325 e. The maximum absolute atomic E-state index is 13.4. The molecule has 1 aliphatic rings. The van der Waals surface area contributed by atoms with Gasteiger partial charge in [-0.05, 0) is 56.3 Å². The SMILES string of the molecule is CC(c1ccc(F)c(F)c1)N(C)CC(=O)Nc1cccc(N2CCCC2=O)c1. The van der Waals surface area contributed by atoms with Crippen LogP contribution in [-0.2, 0) is 9.59 Å². The number of rotatable bonds is 6. The molecule has 1 aliphatic heterocycles. The first kappa shape index (κ1) is 19.9. The van der Waals surface area contributed by atoms with Gasteiger partial charge in [-0.3, -0.25) is 14.5 Å². The molecule has 7 heteroatoms. The Balaban J connectivity index is 1.61. The molecule has 0 radical (unpaired) electrons. The highest BCUT2D eigenvalue weighted by atomic mass is 19.2. The lowest BCUT2D eigenvalue weighted by molar-refractivity contribution is -0.118. The Labute approximate surface area is 162 Å². The minimum absolute atomic E-state index is 0.0764. The van der Waals surface area contributed by atoms with E-state index in [0.29, 0.717) is 24.2 Å². The van der Waals surface area contributed by atoms with Crippen LogP contribution in [0.5, 0.6) is 0 Å². The smallest absolute Gasteiger partial charge is 0.238 e. The third kappa shape index (κ3) is 4.54. The molecule has 5 nitrogen and oxygen atoms in total. The van der Waals surface area contributed by atoms with E-state index in [2.05, 4.69) is 5.32 Å². The van der Waals surface area contributed by atoms with Gasteiger partial charge in [-0.2, -0.15) is 0 Å². The van der Waals surface area contributed by atoms with Crippen LogP contribution in [0.25, 0.3) is 0 Å². The Morgan fingerprint density at radius 3 is 2.68 bits per heavy atom. The molecular weight excluding hydrogens is 364 g/mol. The monoisotopic (exact) mass is 387 g/mol. The second-order valence-corrected chi connectivity index (χ2v) is 7.01. The number of carbonyl (C=O) groups excluding carboxylic acids is 2. The van der Waals surface area contributed by atoms with Crippen molar-refractivity contribution in [3.63, 3.8) is 0 Å². The van der Waals surface area contributed by atoms with E-state index in [4.69, 9.17) is 0 Å². The molecule has 0 aromatic heterocycles. The van der Waals surface area contributed by atoms with Gasteiger partial charge in [0.15, 0.2) is 11.6 Å². The summed E-state index contributed by atoms with van der Waals surface area (Å²) in [6, 6.07) is 10.6. The van der Waals surface area contributed by atoms with Crippen LogP contribution >= 0.6 is 0 Å². The predicted molar refractivity (Wildman–Crippen MR) is 104 cm³/mol. The molecule has 0 saturated carbocycles.